The van der Waals surface area contributed by atoms with Crippen molar-refractivity contribution in [1.82, 2.24) is 0 Å². The molecule has 29 valence electrons. The minimum atomic E-state index is 0. The predicted octanol–water partition coefficient (Wildman–Crippen LogP) is -4.23. The van der Waals surface area contributed by atoms with Crippen molar-refractivity contribution < 1.29 is 56.7 Å². The largest absolute Gasteiger partial charge is 2.00 e. The van der Waals surface area contributed by atoms with Crippen LogP contribution >= 0.6 is 0 Å². The second kappa shape index (κ2) is 25.2. The smallest absolute Gasteiger partial charge is 1.00 e. The van der Waals surface area contributed by atoms with Gasteiger partial charge < -0.3 is 4.28 Å². The quantitative estimate of drug-likeness (QED) is 0.397. The number of hydrogen-bond acceptors (Lipinski definition) is 0. The molecule has 0 spiro atoms. The second-order valence-electron chi connectivity index (χ2n) is 0. The average Bonchev–Trinajstić information content (AvgIpc) is 0. The summed E-state index contributed by atoms with van der Waals surface area (Å²) in [6.07, 6.45) is 0. The molecule has 0 rings (SSSR count). The third-order valence-electron chi connectivity index (χ3n) is 0. The third-order valence-corrected chi connectivity index (χ3v) is 0. The van der Waals surface area contributed by atoms with E-state index < -0.39 is 0 Å². The fourth-order valence-corrected chi connectivity index (χ4v) is 0. The van der Waals surface area contributed by atoms with E-state index in [4.69, 9.17) is 0 Å². The number of rotatable bonds is 0. The summed E-state index contributed by atoms with van der Waals surface area (Å²) in [5.74, 6) is 0. The second-order valence-corrected chi connectivity index (χ2v) is 0. The van der Waals surface area contributed by atoms with Crippen molar-refractivity contribution in [3.63, 3.8) is 0 Å². The van der Waals surface area contributed by atoms with Crippen LogP contribution in [0.15, 0.2) is 0 Å². The molecule has 0 N–H and O–H groups in total. The molecular weight excluding hydrogens is 285 g/mol. The van der Waals surface area contributed by atoms with E-state index in [1.54, 1.807) is 0 Å². The monoisotopic (exact) mass is 291 g/mol. The van der Waals surface area contributed by atoms with Crippen molar-refractivity contribution in [3.8, 4) is 0 Å². The molecule has 0 bridgehead atoms. The fourth-order valence-electron chi connectivity index (χ4n) is 0. The van der Waals surface area contributed by atoms with E-state index in [2.05, 4.69) is 0 Å². The Morgan fingerprint density at radius 2 is 1.20 bits per heavy atom. The summed E-state index contributed by atoms with van der Waals surface area (Å²) in [6, 6.07) is 0. The molecule has 0 aromatic rings. The molecule has 0 saturated heterocycles. The van der Waals surface area contributed by atoms with Gasteiger partial charge in [0, 0.05) is 33.6 Å². The van der Waals surface area contributed by atoms with Gasteiger partial charge in [0.1, 0.15) is 0 Å². The fraction of sp³-hybridized carbons (Fsp3) is 0. The van der Waals surface area contributed by atoms with Crippen molar-refractivity contribution in [1.29, 1.82) is 0 Å². The van der Waals surface area contributed by atoms with Gasteiger partial charge in [0.05, 0.1) is 0 Å². The molecule has 0 heterocycles. The molecular formula is H6AlBaLiMnNi. The van der Waals surface area contributed by atoms with Gasteiger partial charge in [0.25, 0.3) is 0 Å². The average molecular weight is 291 g/mol. The van der Waals surface area contributed by atoms with Crippen LogP contribution in [0.1, 0.15) is 4.28 Å². The van der Waals surface area contributed by atoms with E-state index >= 15 is 0 Å². The maximum absolute atomic E-state index is 0. The molecule has 5 heavy (non-hydrogen) atoms. The van der Waals surface area contributed by atoms with Crippen LogP contribution in [0.2, 0.25) is 0 Å². The Bertz CT molecular complexity index is 19.2. The summed E-state index contributed by atoms with van der Waals surface area (Å²) in [5.41, 5.74) is 0. The molecule has 0 saturated carbocycles. The van der Waals surface area contributed by atoms with Crippen molar-refractivity contribution in [2.75, 3.05) is 0 Å². The van der Waals surface area contributed by atoms with Gasteiger partial charge in [0.2, 0.25) is 0 Å². The Morgan fingerprint density at radius 1 is 1.20 bits per heavy atom. The van der Waals surface area contributed by atoms with Gasteiger partial charge in [-0.3, -0.25) is 0 Å². The third kappa shape index (κ3) is 18.3. The van der Waals surface area contributed by atoms with Crippen LogP contribution in [0, 0.1) is 0 Å². The van der Waals surface area contributed by atoms with E-state index in [9.17, 15) is 0 Å². The van der Waals surface area contributed by atoms with Gasteiger partial charge in [-0.2, -0.15) is 0 Å². The molecule has 0 aromatic carbocycles. The van der Waals surface area contributed by atoms with Crippen molar-refractivity contribution in [3.05, 3.63) is 0 Å². The SMILES string of the molecule is [AlH3].[Ba+2].[H-].[H-].[H-].[Li+].[Mn].[Ni]. The molecule has 0 atom stereocenters. The normalized spacial score (nSPS) is 0. The molecule has 0 unspecified atom stereocenters. The Hall–Kier alpha value is 3.71. The van der Waals surface area contributed by atoms with Crippen LogP contribution in [0.3, 0.4) is 0 Å². The van der Waals surface area contributed by atoms with Crippen LogP contribution in [0.25, 0.3) is 0 Å². The van der Waals surface area contributed by atoms with E-state index in [-0.39, 0.29) is 123 Å². The Labute approximate surface area is 120 Å². The molecule has 0 fully saturated rings. The Morgan fingerprint density at radius 3 is 1.20 bits per heavy atom. The summed E-state index contributed by atoms with van der Waals surface area (Å²) in [6.45, 7) is 0. The number of hydrogen-bond donors (Lipinski definition) is 0. The zero-order valence-electron chi connectivity index (χ0n) is 5.40. The topological polar surface area (TPSA) is 0 Å². The molecule has 1 radical (unpaired) electrons. The van der Waals surface area contributed by atoms with Gasteiger partial charge in [-0.15, -0.1) is 0 Å². The summed E-state index contributed by atoms with van der Waals surface area (Å²) in [7, 11) is 0. The molecule has 0 aliphatic rings. The van der Waals surface area contributed by atoms with Crippen LogP contribution in [0.5, 0.6) is 0 Å². The zero-order chi connectivity index (χ0) is 0. The Balaban J connectivity index is 0. The molecule has 0 aromatic heterocycles. The molecule has 0 aliphatic heterocycles. The first-order valence-corrected chi connectivity index (χ1v) is 0. The Kier molecular flexibility index (Phi) is 190. The molecule has 0 amide bonds. The first-order chi connectivity index (χ1) is 0. The maximum atomic E-state index is 0. The van der Waals surface area contributed by atoms with Gasteiger partial charge in [-0.1, -0.05) is 0 Å². The minimum Gasteiger partial charge on any atom is -1.00 e. The summed E-state index contributed by atoms with van der Waals surface area (Å²) in [5, 5.41) is 0. The van der Waals surface area contributed by atoms with E-state index in [0.29, 0.717) is 0 Å². The van der Waals surface area contributed by atoms with Crippen LogP contribution in [-0.2, 0) is 33.6 Å². The molecule has 0 aliphatic carbocycles. The molecule has 5 heteroatoms. The van der Waals surface area contributed by atoms with Crippen LogP contribution in [0.4, 0.5) is 0 Å². The molecule has 0 nitrogen and oxygen atoms in total. The predicted molar refractivity (Wildman–Crippen MR) is 19.0 cm³/mol. The standard InChI is InChI=1S/Al.Ba.Li.Mn.Ni.6H/q;+2;+1;;;;;;3*-1. The summed E-state index contributed by atoms with van der Waals surface area (Å²) < 4.78 is 0. The van der Waals surface area contributed by atoms with Crippen molar-refractivity contribution >= 4 is 66.2 Å². The summed E-state index contributed by atoms with van der Waals surface area (Å²) >= 11 is 0. The summed E-state index contributed by atoms with van der Waals surface area (Å²) in [4.78, 5) is 0. The maximum Gasteiger partial charge on any atom is 2.00 e. The van der Waals surface area contributed by atoms with Gasteiger partial charge in [-0.05, 0) is 0 Å². The first-order valence-electron chi connectivity index (χ1n) is 0. The van der Waals surface area contributed by atoms with Crippen molar-refractivity contribution in [2.24, 2.45) is 0 Å². The zero-order valence-corrected chi connectivity index (χ0v) is 9.01. The van der Waals surface area contributed by atoms with Crippen LogP contribution < -0.4 is 18.9 Å². The van der Waals surface area contributed by atoms with Crippen molar-refractivity contribution in [2.45, 2.75) is 0 Å². The van der Waals surface area contributed by atoms with Gasteiger partial charge >= 0.3 is 67.7 Å². The van der Waals surface area contributed by atoms with Crippen LogP contribution in [-0.4, -0.2) is 66.2 Å². The van der Waals surface area contributed by atoms with E-state index in [0.717, 1.165) is 0 Å². The first kappa shape index (κ1) is 37.6. The van der Waals surface area contributed by atoms with E-state index in [1.807, 2.05) is 0 Å². The van der Waals surface area contributed by atoms with E-state index in [1.165, 1.54) is 0 Å². The van der Waals surface area contributed by atoms with Gasteiger partial charge in [-0.25, -0.2) is 0 Å². The van der Waals surface area contributed by atoms with Gasteiger partial charge in [0.15, 0.2) is 17.4 Å². The minimum absolute atomic E-state index is 0.